The molecule has 0 radical (unpaired) electrons. The number of hydrogen-bond acceptors (Lipinski definition) is 4. The fourth-order valence-electron chi connectivity index (χ4n) is 2.48. The highest BCUT2D eigenvalue weighted by Gasteiger charge is 2.11. The first-order valence-corrected chi connectivity index (χ1v) is 9.45. The molecule has 0 heterocycles. The summed E-state index contributed by atoms with van der Waals surface area (Å²) < 4.78 is 5.32. The van der Waals surface area contributed by atoms with Crippen LogP contribution in [0.15, 0.2) is 96.1 Å². The van der Waals surface area contributed by atoms with Crippen LogP contribution in [0.2, 0.25) is 0 Å². The van der Waals surface area contributed by atoms with Gasteiger partial charge in [-0.1, -0.05) is 82.7 Å². The molecule has 0 fully saturated rings. The number of alkyl halides is 1. The number of halogens is 1. The Morgan fingerprint density at radius 3 is 1.89 bits per heavy atom. The molecule has 1 unspecified atom stereocenters. The molecule has 0 aliphatic rings. The Morgan fingerprint density at radius 1 is 0.889 bits per heavy atom. The summed E-state index contributed by atoms with van der Waals surface area (Å²) in [7, 11) is 0. The van der Waals surface area contributed by atoms with Gasteiger partial charge in [0.15, 0.2) is 0 Å². The third-order valence-corrected chi connectivity index (χ3v) is 4.61. The van der Waals surface area contributed by atoms with Gasteiger partial charge < -0.3 is 4.74 Å². The van der Waals surface area contributed by atoms with Gasteiger partial charge in [-0.2, -0.15) is 5.10 Å². The van der Waals surface area contributed by atoms with Gasteiger partial charge >= 0.3 is 5.97 Å². The van der Waals surface area contributed by atoms with Crippen LogP contribution in [0.25, 0.3) is 0 Å². The number of esters is 1. The van der Waals surface area contributed by atoms with Crippen LogP contribution in [-0.2, 0) is 9.53 Å². The summed E-state index contributed by atoms with van der Waals surface area (Å²) in [5.41, 5.74) is 2.77. The summed E-state index contributed by atoms with van der Waals surface area (Å²) in [5, 5.41) is 6.03. The maximum Gasteiger partial charge on any atom is 0.351 e. The molecule has 3 aromatic rings. The molecule has 1 atom stereocenters. The number of hydrazone groups is 1. The standard InChI is InChI=1S/C22H19BrN2O2/c23-21(18-10-4-1-5-11-18)17-27-22(26)16-24-25(19-12-6-2-7-13-19)20-14-8-3-9-15-20/h1-16,21H,17H2/b24-16+. The number of benzene rings is 3. The van der Waals surface area contributed by atoms with Crippen molar-refractivity contribution in [1.29, 1.82) is 0 Å². The van der Waals surface area contributed by atoms with Crippen LogP contribution in [0, 0.1) is 0 Å². The average Bonchev–Trinajstić information content (AvgIpc) is 2.74. The average molecular weight is 423 g/mol. The van der Waals surface area contributed by atoms with E-state index in [9.17, 15) is 4.79 Å². The molecule has 0 amide bonds. The number of anilines is 2. The van der Waals surface area contributed by atoms with Crippen LogP contribution in [0.1, 0.15) is 10.4 Å². The molecule has 5 heteroatoms. The van der Waals surface area contributed by atoms with E-state index in [-0.39, 0.29) is 11.4 Å². The van der Waals surface area contributed by atoms with Crippen LogP contribution in [0.4, 0.5) is 11.4 Å². The lowest BCUT2D eigenvalue weighted by Gasteiger charge is -2.18. The van der Waals surface area contributed by atoms with Crippen molar-refractivity contribution in [3.63, 3.8) is 0 Å². The van der Waals surface area contributed by atoms with Crippen molar-refractivity contribution in [1.82, 2.24) is 0 Å². The molecular weight excluding hydrogens is 404 g/mol. The van der Waals surface area contributed by atoms with Gasteiger partial charge in [0.1, 0.15) is 12.8 Å². The smallest absolute Gasteiger partial charge is 0.351 e. The van der Waals surface area contributed by atoms with Crippen LogP contribution in [0.3, 0.4) is 0 Å². The van der Waals surface area contributed by atoms with Gasteiger partial charge in [0.2, 0.25) is 0 Å². The molecule has 0 saturated heterocycles. The Morgan fingerprint density at radius 2 is 1.37 bits per heavy atom. The molecule has 0 aliphatic carbocycles. The summed E-state index contributed by atoms with van der Waals surface area (Å²) in [5.74, 6) is -0.493. The van der Waals surface area contributed by atoms with E-state index in [4.69, 9.17) is 4.74 Å². The number of nitrogens with zero attached hydrogens (tertiary/aromatic N) is 2. The van der Waals surface area contributed by atoms with Crippen LogP contribution < -0.4 is 5.01 Å². The molecule has 3 rings (SSSR count). The van der Waals surface area contributed by atoms with E-state index in [1.165, 1.54) is 6.21 Å². The third-order valence-electron chi connectivity index (χ3n) is 3.81. The van der Waals surface area contributed by atoms with Crippen molar-refractivity contribution in [2.45, 2.75) is 4.83 Å². The normalized spacial score (nSPS) is 11.9. The Bertz CT molecular complexity index is 831. The highest BCUT2D eigenvalue weighted by Crippen LogP contribution is 2.25. The summed E-state index contributed by atoms with van der Waals surface area (Å²) in [6.45, 7) is 0.228. The molecule has 0 N–H and O–H groups in total. The fourth-order valence-corrected chi connectivity index (χ4v) is 2.91. The van der Waals surface area contributed by atoms with Crippen molar-refractivity contribution in [3.8, 4) is 0 Å². The van der Waals surface area contributed by atoms with Gasteiger partial charge in [-0.05, 0) is 29.8 Å². The molecular formula is C22H19BrN2O2. The maximum absolute atomic E-state index is 12.1. The quantitative estimate of drug-likeness (QED) is 0.218. The number of hydrogen-bond donors (Lipinski definition) is 0. The van der Waals surface area contributed by atoms with Crippen molar-refractivity contribution in [3.05, 3.63) is 96.6 Å². The van der Waals surface area contributed by atoms with Crippen molar-refractivity contribution in [2.75, 3.05) is 11.6 Å². The maximum atomic E-state index is 12.1. The number of carbonyl (C=O) groups excluding carboxylic acids is 1. The van der Waals surface area contributed by atoms with Crippen molar-refractivity contribution >= 4 is 39.5 Å². The second kappa shape index (κ2) is 9.69. The highest BCUT2D eigenvalue weighted by atomic mass is 79.9. The summed E-state index contributed by atoms with van der Waals surface area (Å²) in [6.07, 6.45) is 1.20. The van der Waals surface area contributed by atoms with E-state index < -0.39 is 5.97 Å². The Balaban J connectivity index is 1.66. The largest absolute Gasteiger partial charge is 0.460 e. The Labute approximate surface area is 167 Å². The van der Waals surface area contributed by atoms with Crippen LogP contribution in [0.5, 0.6) is 0 Å². The van der Waals surface area contributed by atoms with Gasteiger partial charge in [0.05, 0.1) is 16.2 Å². The van der Waals surface area contributed by atoms with Gasteiger partial charge in [0.25, 0.3) is 0 Å². The molecule has 0 aliphatic heterocycles. The van der Waals surface area contributed by atoms with Crippen LogP contribution >= 0.6 is 15.9 Å². The summed E-state index contributed by atoms with van der Waals surface area (Å²) in [6, 6.07) is 29.1. The number of carbonyl (C=O) groups is 1. The van der Waals surface area contributed by atoms with Crippen molar-refractivity contribution < 1.29 is 9.53 Å². The zero-order chi connectivity index (χ0) is 18.9. The monoisotopic (exact) mass is 422 g/mol. The lowest BCUT2D eigenvalue weighted by Crippen LogP contribution is -2.15. The Hall–Kier alpha value is -2.92. The molecule has 27 heavy (non-hydrogen) atoms. The van der Waals surface area contributed by atoms with E-state index in [2.05, 4.69) is 21.0 Å². The topological polar surface area (TPSA) is 41.9 Å². The minimum absolute atomic E-state index is 0.0598. The van der Waals surface area contributed by atoms with E-state index in [1.807, 2.05) is 91.0 Å². The van der Waals surface area contributed by atoms with E-state index in [0.29, 0.717) is 0 Å². The first kappa shape index (κ1) is 18.9. The SMILES string of the molecule is O=C(/C=N/N(c1ccccc1)c1ccccc1)OCC(Br)c1ccccc1. The number of rotatable bonds is 7. The molecule has 0 spiro atoms. The molecule has 0 aromatic heterocycles. The summed E-state index contributed by atoms with van der Waals surface area (Å²) in [4.78, 5) is 12.1. The molecule has 136 valence electrons. The summed E-state index contributed by atoms with van der Waals surface area (Å²) >= 11 is 3.54. The lowest BCUT2D eigenvalue weighted by atomic mass is 10.2. The highest BCUT2D eigenvalue weighted by molar-refractivity contribution is 9.09. The van der Waals surface area contributed by atoms with E-state index >= 15 is 0 Å². The van der Waals surface area contributed by atoms with Gasteiger partial charge in [-0.15, -0.1) is 0 Å². The van der Waals surface area contributed by atoms with Crippen molar-refractivity contribution in [2.24, 2.45) is 5.10 Å². The van der Waals surface area contributed by atoms with Gasteiger partial charge in [0, 0.05) is 0 Å². The van der Waals surface area contributed by atoms with E-state index in [1.54, 1.807) is 5.01 Å². The predicted molar refractivity (Wildman–Crippen MR) is 113 cm³/mol. The first-order chi connectivity index (χ1) is 13.2. The third kappa shape index (κ3) is 5.53. The molecule has 0 bridgehead atoms. The van der Waals surface area contributed by atoms with Gasteiger partial charge in [-0.25, -0.2) is 9.80 Å². The van der Waals surface area contributed by atoms with Crippen LogP contribution in [-0.4, -0.2) is 18.8 Å². The number of ether oxygens (including phenoxy) is 1. The fraction of sp³-hybridized carbons (Fsp3) is 0.0909. The molecule has 3 aromatic carbocycles. The minimum atomic E-state index is -0.493. The van der Waals surface area contributed by atoms with Gasteiger partial charge in [-0.3, -0.25) is 0 Å². The first-order valence-electron chi connectivity index (χ1n) is 8.54. The zero-order valence-electron chi connectivity index (χ0n) is 14.6. The predicted octanol–water partition coefficient (Wildman–Crippen LogP) is 5.49. The molecule has 0 saturated carbocycles. The lowest BCUT2D eigenvalue weighted by molar-refractivity contribution is -0.134. The zero-order valence-corrected chi connectivity index (χ0v) is 16.2. The molecule has 4 nitrogen and oxygen atoms in total. The Kier molecular flexibility index (Phi) is 6.77. The van der Waals surface area contributed by atoms with E-state index in [0.717, 1.165) is 16.9 Å². The second-order valence-electron chi connectivity index (χ2n) is 5.74. The number of para-hydroxylation sites is 2. The minimum Gasteiger partial charge on any atom is -0.460 e. The second-order valence-corrected chi connectivity index (χ2v) is 6.84.